The summed E-state index contributed by atoms with van der Waals surface area (Å²) in [6, 6.07) is 21.5. The summed E-state index contributed by atoms with van der Waals surface area (Å²) in [4.78, 5) is 16.7. The lowest BCUT2D eigenvalue weighted by atomic mass is 9.80. The standard InChI is InChI=1S/C17H20.2CHNO/c1-17(2,13-15-9-5-3-6-10-15)14-16-11-7-4-8-12-16;2*2-1-3/h3-12H,13-14H2,1-2H3;2*2H. The molecule has 0 radical (unpaired) electrons. The van der Waals surface area contributed by atoms with Gasteiger partial charge in [-0.15, -0.1) is 0 Å². The molecular weight excluding hydrogens is 288 g/mol. The van der Waals surface area contributed by atoms with Crippen LogP contribution >= 0.6 is 0 Å². The fourth-order valence-corrected chi connectivity index (χ4v) is 2.36. The van der Waals surface area contributed by atoms with Crippen LogP contribution in [0.4, 0.5) is 0 Å². The Labute approximate surface area is 137 Å². The molecule has 120 valence electrons. The summed E-state index contributed by atoms with van der Waals surface area (Å²) in [6.45, 7) is 4.68. The van der Waals surface area contributed by atoms with Crippen LogP contribution < -0.4 is 0 Å². The molecule has 2 N–H and O–H groups in total. The van der Waals surface area contributed by atoms with Gasteiger partial charge < -0.3 is 0 Å². The van der Waals surface area contributed by atoms with Crippen LogP contribution in [-0.4, -0.2) is 12.2 Å². The Hall–Kier alpha value is -2.80. The van der Waals surface area contributed by atoms with E-state index in [0.29, 0.717) is 5.41 Å². The molecule has 0 saturated carbocycles. The lowest BCUT2D eigenvalue weighted by Crippen LogP contribution is -2.18. The summed E-state index contributed by atoms with van der Waals surface area (Å²) in [7, 11) is 0. The van der Waals surface area contributed by atoms with E-state index in [1.807, 2.05) is 0 Å². The zero-order valence-electron chi connectivity index (χ0n) is 13.5. The molecule has 0 amide bonds. The van der Waals surface area contributed by atoms with Gasteiger partial charge in [-0.25, -0.2) is 20.4 Å². The van der Waals surface area contributed by atoms with Crippen molar-refractivity contribution >= 4 is 12.2 Å². The zero-order chi connectivity index (χ0) is 17.6. The van der Waals surface area contributed by atoms with E-state index in [2.05, 4.69) is 74.5 Å². The molecule has 0 atom stereocenters. The molecule has 0 bridgehead atoms. The van der Waals surface area contributed by atoms with Crippen LogP contribution in [0.2, 0.25) is 0 Å². The Balaban J connectivity index is 0.000000704. The third-order valence-electron chi connectivity index (χ3n) is 3.05. The van der Waals surface area contributed by atoms with Gasteiger partial charge in [-0.05, 0) is 29.4 Å². The summed E-state index contributed by atoms with van der Waals surface area (Å²) in [6.07, 6.45) is 3.76. The van der Waals surface area contributed by atoms with E-state index in [4.69, 9.17) is 20.4 Å². The zero-order valence-corrected chi connectivity index (χ0v) is 13.5. The molecular formula is C19H22N2O2. The first-order chi connectivity index (χ1) is 11.0. The maximum atomic E-state index is 8.35. The van der Waals surface area contributed by atoms with Gasteiger partial charge in [-0.1, -0.05) is 74.5 Å². The van der Waals surface area contributed by atoms with Gasteiger partial charge in [-0.3, -0.25) is 0 Å². The molecule has 0 spiro atoms. The van der Waals surface area contributed by atoms with E-state index in [0.717, 1.165) is 25.0 Å². The Morgan fingerprint density at radius 1 is 0.739 bits per heavy atom. The molecule has 0 aliphatic heterocycles. The van der Waals surface area contributed by atoms with Crippen LogP contribution in [0.25, 0.3) is 0 Å². The maximum Gasteiger partial charge on any atom is 0.231 e. The van der Waals surface area contributed by atoms with Crippen molar-refractivity contribution in [1.82, 2.24) is 0 Å². The summed E-state index contributed by atoms with van der Waals surface area (Å²) < 4.78 is 0. The first kappa shape index (κ1) is 20.2. The Kier molecular flexibility index (Phi) is 10.4. The van der Waals surface area contributed by atoms with Crippen molar-refractivity contribution in [2.75, 3.05) is 0 Å². The fraction of sp³-hybridized carbons (Fsp3) is 0.263. The highest BCUT2D eigenvalue weighted by atomic mass is 16.1. The topological polar surface area (TPSA) is 81.8 Å². The van der Waals surface area contributed by atoms with Gasteiger partial charge in [0.25, 0.3) is 0 Å². The molecule has 2 aromatic carbocycles. The number of rotatable bonds is 4. The Morgan fingerprint density at radius 3 is 1.26 bits per heavy atom. The highest BCUT2D eigenvalue weighted by molar-refractivity contribution is 5.26. The van der Waals surface area contributed by atoms with Gasteiger partial charge in [-0.2, -0.15) is 0 Å². The van der Waals surface area contributed by atoms with Crippen LogP contribution in [0, 0.1) is 16.2 Å². The Morgan fingerprint density at radius 2 is 1.00 bits per heavy atom. The minimum atomic E-state index is 0.308. The van der Waals surface area contributed by atoms with Gasteiger partial charge in [0, 0.05) is 0 Å². The lowest BCUT2D eigenvalue weighted by molar-refractivity contribution is 0.361. The van der Waals surface area contributed by atoms with Crippen LogP contribution in [0.5, 0.6) is 0 Å². The van der Waals surface area contributed by atoms with Gasteiger partial charge in [0.1, 0.15) is 0 Å². The third-order valence-corrected chi connectivity index (χ3v) is 3.05. The first-order valence-corrected chi connectivity index (χ1v) is 7.14. The predicted octanol–water partition coefficient (Wildman–Crippen LogP) is 4.30. The van der Waals surface area contributed by atoms with E-state index >= 15 is 0 Å². The van der Waals surface area contributed by atoms with Crippen molar-refractivity contribution in [3.63, 3.8) is 0 Å². The van der Waals surface area contributed by atoms with Crippen LogP contribution in [0.1, 0.15) is 25.0 Å². The molecule has 4 nitrogen and oxygen atoms in total. The lowest BCUT2D eigenvalue weighted by Gasteiger charge is -2.25. The van der Waals surface area contributed by atoms with Gasteiger partial charge in [0.15, 0.2) is 0 Å². The van der Waals surface area contributed by atoms with E-state index in [1.54, 1.807) is 0 Å². The number of hydrogen-bond acceptors (Lipinski definition) is 4. The summed E-state index contributed by atoms with van der Waals surface area (Å²) in [5.41, 5.74) is 3.16. The van der Waals surface area contributed by atoms with Crippen molar-refractivity contribution in [2.45, 2.75) is 26.7 Å². The monoisotopic (exact) mass is 310 g/mol. The van der Waals surface area contributed by atoms with Crippen LogP contribution in [-0.2, 0) is 22.4 Å². The van der Waals surface area contributed by atoms with Gasteiger partial charge >= 0.3 is 0 Å². The highest BCUT2D eigenvalue weighted by Crippen LogP contribution is 2.26. The van der Waals surface area contributed by atoms with Crippen molar-refractivity contribution in [2.24, 2.45) is 5.41 Å². The van der Waals surface area contributed by atoms with E-state index in [-0.39, 0.29) is 0 Å². The molecule has 0 aromatic heterocycles. The Bertz CT molecular complexity index is 555. The van der Waals surface area contributed by atoms with Crippen LogP contribution in [0.15, 0.2) is 60.7 Å². The van der Waals surface area contributed by atoms with Gasteiger partial charge in [0.2, 0.25) is 12.2 Å². The average Bonchev–Trinajstić information content (AvgIpc) is 2.50. The number of benzene rings is 2. The predicted molar refractivity (Wildman–Crippen MR) is 90.9 cm³/mol. The van der Waals surface area contributed by atoms with Crippen molar-refractivity contribution in [3.8, 4) is 0 Å². The molecule has 2 aromatic rings. The third kappa shape index (κ3) is 10.6. The molecule has 0 aliphatic rings. The van der Waals surface area contributed by atoms with Crippen LogP contribution in [0.3, 0.4) is 0 Å². The van der Waals surface area contributed by atoms with Crippen molar-refractivity contribution in [3.05, 3.63) is 71.8 Å². The number of carbonyl (C=O) groups excluding carboxylic acids is 2. The molecule has 2 rings (SSSR count). The molecule has 4 heteroatoms. The van der Waals surface area contributed by atoms with Crippen molar-refractivity contribution < 1.29 is 9.59 Å². The van der Waals surface area contributed by atoms with E-state index in [1.165, 1.54) is 11.1 Å². The summed E-state index contributed by atoms with van der Waals surface area (Å²) in [5, 5.41) is 10.8. The number of isocyanates is 2. The second-order valence-electron chi connectivity index (χ2n) is 5.69. The smallest absolute Gasteiger partial charge is 0.222 e. The van der Waals surface area contributed by atoms with Gasteiger partial charge in [0.05, 0.1) is 0 Å². The molecule has 0 fully saturated rings. The summed E-state index contributed by atoms with van der Waals surface area (Å²) in [5.74, 6) is 0. The van der Waals surface area contributed by atoms with Crippen molar-refractivity contribution in [1.29, 1.82) is 10.8 Å². The number of hydrogen-bond donors (Lipinski definition) is 2. The molecule has 23 heavy (non-hydrogen) atoms. The first-order valence-electron chi connectivity index (χ1n) is 7.14. The normalized spacial score (nSPS) is 9.13. The average molecular weight is 310 g/mol. The molecule has 0 saturated heterocycles. The molecule has 0 unspecified atom stereocenters. The van der Waals surface area contributed by atoms with E-state index < -0.39 is 0 Å². The highest BCUT2D eigenvalue weighted by Gasteiger charge is 2.18. The number of nitrogens with one attached hydrogen (secondary N) is 2. The SMILES string of the molecule is CC(C)(Cc1ccccc1)Cc1ccccc1.N=C=O.N=C=O. The maximum absolute atomic E-state index is 8.35. The second kappa shape index (κ2) is 11.8. The molecule has 0 heterocycles. The second-order valence-corrected chi connectivity index (χ2v) is 5.69. The molecule has 0 aliphatic carbocycles. The minimum Gasteiger partial charge on any atom is -0.222 e. The summed E-state index contributed by atoms with van der Waals surface area (Å²) >= 11 is 0. The minimum absolute atomic E-state index is 0.308. The quantitative estimate of drug-likeness (QED) is 0.652. The van der Waals surface area contributed by atoms with E-state index in [9.17, 15) is 0 Å². The largest absolute Gasteiger partial charge is 0.231 e. The fourth-order valence-electron chi connectivity index (χ4n) is 2.36.